The van der Waals surface area contributed by atoms with Crippen LogP contribution in [0.4, 0.5) is 5.00 Å². The van der Waals surface area contributed by atoms with Gasteiger partial charge in [0.05, 0.1) is 20.3 Å². The van der Waals surface area contributed by atoms with Crippen LogP contribution in [0.25, 0.3) is 0 Å². The van der Waals surface area contributed by atoms with Crippen LogP contribution in [0.3, 0.4) is 0 Å². The first-order valence-electron chi connectivity index (χ1n) is 11.7. The fourth-order valence-electron chi connectivity index (χ4n) is 4.39. The van der Waals surface area contributed by atoms with E-state index < -0.39 is 0 Å². The quantitative estimate of drug-likeness (QED) is 0.497. The first-order valence-corrected chi connectivity index (χ1v) is 12.5. The monoisotopic (exact) mass is 479 g/mol. The second-order valence-corrected chi connectivity index (χ2v) is 9.66. The SMILES string of the molecule is CCc1cc([C@H](c2ccc(OC)c(OC)c2)N2CCN(C)CC2)c(NC(=O)c2ccccc2)s1. The number of amides is 1. The van der Waals surface area contributed by atoms with Gasteiger partial charge < -0.3 is 19.7 Å². The number of rotatable bonds is 8. The molecule has 0 unspecified atom stereocenters. The first kappa shape index (κ1) is 24.3. The second-order valence-electron chi connectivity index (χ2n) is 8.53. The lowest BCUT2D eigenvalue weighted by atomic mass is 9.96. The third kappa shape index (κ3) is 5.27. The van der Waals surface area contributed by atoms with Crippen molar-refractivity contribution in [2.45, 2.75) is 19.4 Å². The molecule has 2 heterocycles. The molecule has 1 amide bonds. The Hall–Kier alpha value is -2.87. The lowest BCUT2D eigenvalue weighted by molar-refractivity contribution is 0.102. The van der Waals surface area contributed by atoms with Gasteiger partial charge in [0.1, 0.15) is 5.00 Å². The minimum atomic E-state index is -0.0872. The van der Waals surface area contributed by atoms with Gasteiger partial charge in [0.2, 0.25) is 0 Å². The molecule has 0 spiro atoms. The molecule has 3 aromatic rings. The van der Waals surface area contributed by atoms with Gasteiger partial charge in [0.25, 0.3) is 5.91 Å². The fourth-order valence-corrected chi connectivity index (χ4v) is 5.41. The van der Waals surface area contributed by atoms with Gasteiger partial charge in [-0.3, -0.25) is 9.69 Å². The van der Waals surface area contributed by atoms with Crippen molar-refractivity contribution in [1.82, 2.24) is 9.80 Å². The maximum atomic E-state index is 13.1. The molecule has 0 aliphatic carbocycles. The van der Waals surface area contributed by atoms with Crippen LogP contribution in [0.2, 0.25) is 0 Å². The van der Waals surface area contributed by atoms with Gasteiger partial charge in [0, 0.05) is 42.2 Å². The van der Waals surface area contributed by atoms with Crippen molar-refractivity contribution in [1.29, 1.82) is 0 Å². The number of aryl methyl sites for hydroxylation is 1. The van der Waals surface area contributed by atoms with Gasteiger partial charge >= 0.3 is 0 Å². The largest absolute Gasteiger partial charge is 0.493 e. The number of hydrogen-bond acceptors (Lipinski definition) is 6. The van der Waals surface area contributed by atoms with Crippen LogP contribution in [0.5, 0.6) is 11.5 Å². The summed E-state index contributed by atoms with van der Waals surface area (Å²) in [4.78, 5) is 19.2. The highest BCUT2D eigenvalue weighted by Gasteiger charge is 2.30. The standard InChI is InChI=1S/C27H33N3O3S/c1-5-21-18-22(27(34-21)28-26(31)19-9-7-6-8-10-19)25(30-15-13-29(2)14-16-30)20-11-12-23(32-3)24(17-20)33-4/h6-12,17-18,25H,5,13-16H2,1-4H3,(H,28,31)/t25-/m0/s1. The number of likely N-dealkylation sites (N-methyl/N-ethyl adjacent to an activating group) is 1. The molecule has 0 bridgehead atoms. The molecule has 4 rings (SSSR count). The van der Waals surface area contributed by atoms with Crippen molar-refractivity contribution < 1.29 is 14.3 Å². The zero-order valence-electron chi connectivity index (χ0n) is 20.3. The predicted octanol–water partition coefficient (Wildman–Crippen LogP) is 4.92. The number of nitrogens with one attached hydrogen (secondary N) is 1. The molecule has 1 N–H and O–H groups in total. The van der Waals surface area contributed by atoms with Crippen molar-refractivity contribution in [3.63, 3.8) is 0 Å². The molecule has 2 aromatic carbocycles. The number of nitrogens with zero attached hydrogens (tertiary/aromatic N) is 2. The normalized spacial score (nSPS) is 15.6. The Bertz CT molecular complexity index is 1110. The molecule has 0 saturated carbocycles. The predicted molar refractivity (Wildman–Crippen MR) is 139 cm³/mol. The Morgan fingerprint density at radius 2 is 1.71 bits per heavy atom. The highest BCUT2D eigenvalue weighted by atomic mass is 32.1. The summed E-state index contributed by atoms with van der Waals surface area (Å²) in [5.74, 6) is 1.33. The van der Waals surface area contributed by atoms with Crippen LogP contribution in [0.15, 0.2) is 54.6 Å². The summed E-state index contributed by atoms with van der Waals surface area (Å²) in [5.41, 5.74) is 2.91. The van der Waals surface area contributed by atoms with E-state index in [0.29, 0.717) is 17.1 Å². The summed E-state index contributed by atoms with van der Waals surface area (Å²) in [5, 5.41) is 4.12. The Labute approximate surface area is 206 Å². The van der Waals surface area contributed by atoms with Crippen LogP contribution in [-0.4, -0.2) is 63.2 Å². The van der Waals surface area contributed by atoms with Crippen molar-refractivity contribution in [2.24, 2.45) is 0 Å². The number of piperazine rings is 1. The molecule has 6 nitrogen and oxygen atoms in total. The maximum absolute atomic E-state index is 13.1. The zero-order chi connectivity index (χ0) is 24.1. The van der Waals surface area contributed by atoms with Gasteiger partial charge in [0.15, 0.2) is 11.5 Å². The fraction of sp³-hybridized carbons (Fsp3) is 0.370. The van der Waals surface area contributed by atoms with Gasteiger partial charge in [-0.1, -0.05) is 31.2 Å². The van der Waals surface area contributed by atoms with Gasteiger partial charge in [-0.15, -0.1) is 11.3 Å². The molecule has 1 atom stereocenters. The molecular formula is C27H33N3O3S. The number of benzene rings is 2. The number of hydrogen-bond donors (Lipinski definition) is 1. The average Bonchev–Trinajstić information content (AvgIpc) is 3.28. The summed E-state index contributed by atoms with van der Waals surface area (Å²) >= 11 is 1.66. The van der Waals surface area contributed by atoms with E-state index in [9.17, 15) is 4.79 Å². The van der Waals surface area contributed by atoms with Crippen LogP contribution < -0.4 is 14.8 Å². The molecule has 7 heteroatoms. The minimum Gasteiger partial charge on any atom is -0.493 e. The van der Waals surface area contributed by atoms with E-state index >= 15 is 0 Å². The number of thiophene rings is 1. The Kier molecular flexibility index (Phi) is 7.88. The molecule has 0 radical (unpaired) electrons. The molecule has 1 aliphatic heterocycles. The number of anilines is 1. The Balaban J connectivity index is 1.77. The molecule has 34 heavy (non-hydrogen) atoms. The van der Waals surface area contributed by atoms with Crippen molar-refractivity contribution in [2.75, 3.05) is 52.8 Å². The third-order valence-corrected chi connectivity index (χ3v) is 7.55. The van der Waals surface area contributed by atoms with Crippen LogP contribution >= 0.6 is 11.3 Å². The summed E-state index contributed by atoms with van der Waals surface area (Å²) in [7, 11) is 5.48. The minimum absolute atomic E-state index is 0.00358. The summed E-state index contributed by atoms with van der Waals surface area (Å²) in [6, 6.07) is 17.8. The van der Waals surface area contributed by atoms with E-state index in [0.717, 1.165) is 48.7 Å². The highest BCUT2D eigenvalue weighted by Crippen LogP contribution is 2.42. The molecule has 1 fully saturated rings. The van der Waals surface area contributed by atoms with E-state index in [1.54, 1.807) is 25.6 Å². The van der Waals surface area contributed by atoms with Crippen LogP contribution in [0, 0.1) is 0 Å². The van der Waals surface area contributed by atoms with Crippen molar-refractivity contribution in [3.05, 3.63) is 76.2 Å². The van der Waals surface area contributed by atoms with E-state index in [2.05, 4.69) is 47.3 Å². The van der Waals surface area contributed by atoms with E-state index in [-0.39, 0.29) is 11.9 Å². The zero-order valence-corrected chi connectivity index (χ0v) is 21.2. The van der Waals surface area contributed by atoms with Crippen LogP contribution in [0.1, 0.15) is 39.3 Å². The third-order valence-electron chi connectivity index (χ3n) is 6.34. The Morgan fingerprint density at radius 3 is 2.35 bits per heavy atom. The molecule has 1 saturated heterocycles. The van der Waals surface area contributed by atoms with Gasteiger partial charge in [-0.2, -0.15) is 0 Å². The maximum Gasteiger partial charge on any atom is 0.256 e. The lowest BCUT2D eigenvalue weighted by Gasteiger charge is -2.38. The number of methoxy groups -OCH3 is 2. The molecular weight excluding hydrogens is 446 g/mol. The van der Waals surface area contributed by atoms with Crippen LogP contribution in [-0.2, 0) is 6.42 Å². The first-order chi connectivity index (χ1) is 16.5. The molecule has 180 valence electrons. The van der Waals surface area contributed by atoms with Crippen molar-refractivity contribution >= 4 is 22.2 Å². The second kappa shape index (κ2) is 11.0. The Morgan fingerprint density at radius 1 is 1.00 bits per heavy atom. The lowest BCUT2D eigenvalue weighted by Crippen LogP contribution is -2.46. The summed E-state index contributed by atoms with van der Waals surface area (Å²) in [6.45, 7) is 6.04. The van der Waals surface area contributed by atoms with Crippen molar-refractivity contribution in [3.8, 4) is 11.5 Å². The number of carbonyl (C=O) groups excluding carboxylic acids is 1. The van der Waals surface area contributed by atoms with E-state index in [1.165, 1.54) is 4.88 Å². The van der Waals surface area contributed by atoms with E-state index in [4.69, 9.17) is 9.47 Å². The topological polar surface area (TPSA) is 54.0 Å². The average molecular weight is 480 g/mol. The highest BCUT2D eigenvalue weighted by molar-refractivity contribution is 7.16. The van der Waals surface area contributed by atoms with Gasteiger partial charge in [-0.05, 0) is 49.4 Å². The van der Waals surface area contributed by atoms with E-state index in [1.807, 2.05) is 36.4 Å². The number of ether oxygens (including phenoxy) is 2. The summed E-state index contributed by atoms with van der Waals surface area (Å²) < 4.78 is 11.1. The van der Waals surface area contributed by atoms with Gasteiger partial charge in [-0.25, -0.2) is 0 Å². The molecule has 1 aliphatic rings. The summed E-state index contributed by atoms with van der Waals surface area (Å²) in [6.07, 6.45) is 0.917. The molecule has 1 aromatic heterocycles. The number of carbonyl (C=O) groups is 1. The smallest absolute Gasteiger partial charge is 0.256 e.